The van der Waals surface area contributed by atoms with Gasteiger partial charge >= 0.3 is 0 Å². The van der Waals surface area contributed by atoms with E-state index in [1.807, 2.05) is 12.1 Å². The predicted molar refractivity (Wildman–Crippen MR) is 142 cm³/mol. The topological polar surface area (TPSA) is 94.9 Å². The van der Waals surface area contributed by atoms with Crippen LogP contribution in [0.1, 0.15) is 10.4 Å². The molecule has 0 aliphatic carbocycles. The summed E-state index contributed by atoms with van der Waals surface area (Å²) in [6.07, 6.45) is 0. The second kappa shape index (κ2) is 10.5. The summed E-state index contributed by atoms with van der Waals surface area (Å²) < 4.78 is 22.6. The number of nitrogens with zero attached hydrogens (tertiary/aromatic N) is 1. The van der Waals surface area contributed by atoms with E-state index in [2.05, 4.69) is 31.5 Å². The number of hydrogen-bond donors (Lipinski definition) is 2. The second-order valence-electron chi connectivity index (χ2n) is 7.15. The van der Waals surface area contributed by atoms with Gasteiger partial charge in [-0.3, -0.25) is 10.1 Å². The first-order chi connectivity index (χ1) is 16.8. The van der Waals surface area contributed by atoms with Gasteiger partial charge in [-0.15, -0.1) is 0 Å². The molecule has 0 aliphatic rings. The van der Waals surface area contributed by atoms with Gasteiger partial charge in [0.05, 0.1) is 31.9 Å². The molecule has 1 heterocycles. The van der Waals surface area contributed by atoms with Crippen LogP contribution in [0.25, 0.3) is 22.6 Å². The summed E-state index contributed by atoms with van der Waals surface area (Å²) >= 11 is 15.1. The number of amides is 1. The van der Waals surface area contributed by atoms with Gasteiger partial charge in [0.1, 0.15) is 5.52 Å². The number of halogens is 2. The highest BCUT2D eigenvalue weighted by molar-refractivity contribution is 9.10. The van der Waals surface area contributed by atoms with Crippen LogP contribution in [0.15, 0.2) is 57.4 Å². The van der Waals surface area contributed by atoms with Crippen molar-refractivity contribution in [2.45, 2.75) is 0 Å². The molecule has 1 amide bonds. The van der Waals surface area contributed by atoms with Crippen molar-refractivity contribution < 1.29 is 23.4 Å². The first kappa shape index (κ1) is 24.8. The van der Waals surface area contributed by atoms with E-state index in [1.165, 1.54) is 33.5 Å². The van der Waals surface area contributed by atoms with Crippen LogP contribution in [0.3, 0.4) is 0 Å². The molecule has 0 aliphatic heterocycles. The van der Waals surface area contributed by atoms with Crippen molar-refractivity contribution in [2.75, 3.05) is 26.6 Å². The maximum absolute atomic E-state index is 12.8. The molecule has 0 bridgehead atoms. The molecule has 4 rings (SSSR count). The Labute approximate surface area is 219 Å². The van der Waals surface area contributed by atoms with E-state index in [0.29, 0.717) is 50.5 Å². The fourth-order valence-electron chi connectivity index (χ4n) is 3.33. The highest BCUT2D eigenvalue weighted by atomic mass is 79.9. The van der Waals surface area contributed by atoms with E-state index < -0.39 is 5.91 Å². The number of carbonyl (C=O) groups excluding carboxylic acids is 1. The minimum absolute atomic E-state index is 0.0989. The minimum atomic E-state index is -0.448. The van der Waals surface area contributed by atoms with Crippen LogP contribution in [-0.4, -0.2) is 37.3 Å². The third-order valence-corrected chi connectivity index (χ3v) is 5.99. The number of aromatic nitrogens is 1. The second-order valence-corrected chi connectivity index (χ2v) is 8.88. The van der Waals surface area contributed by atoms with Gasteiger partial charge in [0.2, 0.25) is 11.6 Å². The molecule has 2 N–H and O–H groups in total. The van der Waals surface area contributed by atoms with E-state index in [1.54, 1.807) is 24.3 Å². The molecule has 3 aromatic carbocycles. The van der Waals surface area contributed by atoms with E-state index in [4.69, 9.17) is 42.4 Å². The Hall–Kier alpha value is -3.34. The van der Waals surface area contributed by atoms with Crippen LogP contribution < -0.4 is 24.8 Å². The van der Waals surface area contributed by atoms with Crippen molar-refractivity contribution >= 4 is 67.6 Å². The Balaban J connectivity index is 1.51. The fourth-order valence-corrected chi connectivity index (χ4v) is 4.10. The smallest absolute Gasteiger partial charge is 0.257 e. The van der Waals surface area contributed by atoms with Crippen molar-refractivity contribution in [3.05, 3.63) is 63.6 Å². The van der Waals surface area contributed by atoms with Crippen LogP contribution in [-0.2, 0) is 0 Å². The van der Waals surface area contributed by atoms with E-state index in [-0.39, 0.29) is 10.7 Å². The largest absolute Gasteiger partial charge is 0.493 e. The third kappa shape index (κ3) is 5.34. The summed E-state index contributed by atoms with van der Waals surface area (Å²) in [5.74, 6) is 1.04. The maximum atomic E-state index is 12.8. The average Bonchev–Trinajstić information content (AvgIpc) is 3.27. The van der Waals surface area contributed by atoms with Crippen LogP contribution >= 0.6 is 39.7 Å². The zero-order valence-electron chi connectivity index (χ0n) is 18.8. The number of rotatable bonds is 6. The number of carbonyl (C=O) groups is 1. The standard InChI is InChI=1S/C24H19BrClN3O5S/c1-31-19-8-12(9-20(32-2)21(19)33-3)22(30)29-24(35)27-14-5-7-18-17(11-14)28-23(34-18)15-10-13(25)4-6-16(15)26/h4-11H,1-3H3,(H2,27,29,30,35). The predicted octanol–water partition coefficient (Wildman–Crippen LogP) is 6.06. The number of hydrogen-bond acceptors (Lipinski definition) is 7. The van der Waals surface area contributed by atoms with Crippen molar-refractivity contribution in [3.8, 4) is 28.7 Å². The SMILES string of the molecule is COc1cc(C(=O)NC(=S)Nc2ccc3oc(-c4cc(Br)ccc4Cl)nc3c2)cc(OC)c1OC. The fraction of sp³-hybridized carbons (Fsp3) is 0.125. The lowest BCUT2D eigenvalue weighted by molar-refractivity contribution is 0.0977. The summed E-state index contributed by atoms with van der Waals surface area (Å²) in [5, 5.41) is 6.24. The monoisotopic (exact) mass is 575 g/mol. The van der Waals surface area contributed by atoms with Gasteiger partial charge in [0.25, 0.3) is 5.91 Å². The van der Waals surface area contributed by atoms with Gasteiger partial charge in [-0.05, 0) is 60.7 Å². The number of ether oxygens (including phenoxy) is 3. The van der Waals surface area contributed by atoms with Gasteiger partial charge in [0, 0.05) is 15.7 Å². The molecule has 1 aromatic heterocycles. The van der Waals surface area contributed by atoms with Gasteiger partial charge in [-0.2, -0.15) is 0 Å². The number of oxazole rings is 1. The van der Waals surface area contributed by atoms with Gasteiger partial charge in [-0.25, -0.2) is 4.98 Å². The van der Waals surface area contributed by atoms with Crippen LogP contribution in [0.4, 0.5) is 5.69 Å². The summed E-state index contributed by atoms with van der Waals surface area (Å²) in [7, 11) is 4.43. The average molecular weight is 577 g/mol. The molecule has 35 heavy (non-hydrogen) atoms. The molecule has 0 saturated heterocycles. The number of fused-ring (bicyclic) bond motifs is 1. The first-order valence-corrected chi connectivity index (χ1v) is 11.7. The van der Waals surface area contributed by atoms with Crippen LogP contribution in [0.5, 0.6) is 17.2 Å². The van der Waals surface area contributed by atoms with Crippen LogP contribution in [0, 0.1) is 0 Å². The Bertz CT molecular complexity index is 1420. The van der Waals surface area contributed by atoms with E-state index >= 15 is 0 Å². The number of anilines is 1. The molecular weight excluding hydrogens is 558 g/mol. The summed E-state index contributed by atoms with van der Waals surface area (Å²) in [6.45, 7) is 0. The summed E-state index contributed by atoms with van der Waals surface area (Å²) in [4.78, 5) is 17.3. The molecule has 8 nitrogen and oxygen atoms in total. The normalized spacial score (nSPS) is 10.7. The summed E-state index contributed by atoms with van der Waals surface area (Å²) in [6, 6.07) is 13.8. The lowest BCUT2D eigenvalue weighted by Crippen LogP contribution is -2.34. The Kier molecular flexibility index (Phi) is 7.44. The molecule has 0 unspecified atom stereocenters. The Morgan fingerprint density at radius 3 is 2.40 bits per heavy atom. The molecule has 0 fully saturated rings. The van der Waals surface area contributed by atoms with Crippen molar-refractivity contribution in [2.24, 2.45) is 0 Å². The quantitative estimate of drug-likeness (QED) is 0.267. The zero-order valence-corrected chi connectivity index (χ0v) is 21.9. The number of methoxy groups -OCH3 is 3. The maximum Gasteiger partial charge on any atom is 0.257 e. The van der Waals surface area contributed by atoms with Crippen LogP contribution in [0.2, 0.25) is 5.02 Å². The lowest BCUT2D eigenvalue weighted by atomic mass is 10.1. The van der Waals surface area contributed by atoms with E-state index in [0.717, 1.165) is 4.47 Å². The van der Waals surface area contributed by atoms with Crippen molar-refractivity contribution in [1.29, 1.82) is 0 Å². The number of nitrogens with one attached hydrogen (secondary N) is 2. The van der Waals surface area contributed by atoms with Crippen molar-refractivity contribution in [3.63, 3.8) is 0 Å². The lowest BCUT2D eigenvalue weighted by Gasteiger charge is -2.14. The van der Waals surface area contributed by atoms with E-state index in [9.17, 15) is 4.79 Å². The van der Waals surface area contributed by atoms with Gasteiger partial charge < -0.3 is 23.9 Å². The highest BCUT2D eigenvalue weighted by Crippen LogP contribution is 2.38. The first-order valence-electron chi connectivity index (χ1n) is 10.1. The highest BCUT2D eigenvalue weighted by Gasteiger charge is 2.18. The Morgan fingerprint density at radius 2 is 1.74 bits per heavy atom. The van der Waals surface area contributed by atoms with Gasteiger partial charge in [-0.1, -0.05) is 27.5 Å². The molecule has 180 valence electrons. The molecule has 0 saturated carbocycles. The molecule has 11 heteroatoms. The molecule has 0 spiro atoms. The Morgan fingerprint density at radius 1 is 1.03 bits per heavy atom. The van der Waals surface area contributed by atoms with Gasteiger partial charge in [0.15, 0.2) is 22.2 Å². The molecular formula is C24H19BrClN3O5S. The summed E-state index contributed by atoms with van der Waals surface area (Å²) in [5.41, 5.74) is 2.74. The zero-order chi connectivity index (χ0) is 25.1. The number of benzene rings is 3. The number of thiocarbonyl (C=S) groups is 1. The minimum Gasteiger partial charge on any atom is -0.493 e. The third-order valence-electron chi connectivity index (χ3n) is 4.96. The molecule has 0 atom stereocenters. The van der Waals surface area contributed by atoms with Crippen molar-refractivity contribution in [1.82, 2.24) is 10.3 Å². The molecule has 0 radical (unpaired) electrons. The molecule has 4 aromatic rings.